The van der Waals surface area contributed by atoms with Crippen molar-refractivity contribution in [3.05, 3.63) is 57.5 Å². The van der Waals surface area contributed by atoms with Crippen LogP contribution in [0.4, 0.5) is 0 Å². The van der Waals surface area contributed by atoms with Gasteiger partial charge in [0.2, 0.25) is 5.91 Å². The molecule has 3 aromatic rings. The molecule has 1 N–H and O–H groups in total. The SMILES string of the molecule is CN1CC(c2cc(=O)n3[nH]c(-c4cccc(Cl)c4)cc3n2)CC1=O. The van der Waals surface area contributed by atoms with Gasteiger partial charge in [-0.1, -0.05) is 23.7 Å². The van der Waals surface area contributed by atoms with E-state index in [1.807, 2.05) is 24.3 Å². The molecular weight excluding hydrogens is 328 g/mol. The molecule has 1 saturated heterocycles. The van der Waals surface area contributed by atoms with Crippen LogP contribution in [0.25, 0.3) is 16.9 Å². The zero-order valence-electron chi connectivity index (χ0n) is 13.0. The number of fused-ring (bicyclic) bond motifs is 1. The number of nitrogens with one attached hydrogen (secondary N) is 1. The lowest BCUT2D eigenvalue weighted by Crippen LogP contribution is -2.20. The van der Waals surface area contributed by atoms with Crippen LogP contribution >= 0.6 is 11.6 Å². The average molecular weight is 343 g/mol. The van der Waals surface area contributed by atoms with Crippen molar-refractivity contribution < 1.29 is 4.79 Å². The van der Waals surface area contributed by atoms with Crippen LogP contribution in [0.15, 0.2) is 41.2 Å². The highest BCUT2D eigenvalue weighted by molar-refractivity contribution is 6.30. The maximum atomic E-state index is 12.4. The number of likely N-dealkylation sites (tertiary alicyclic amines) is 1. The summed E-state index contributed by atoms with van der Waals surface area (Å²) < 4.78 is 1.40. The molecule has 0 saturated carbocycles. The van der Waals surface area contributed by atoms with E-state index in [4.69, 9.17) is 11.6 Å². The first-order valence-electron chi connectivity index (χ1n) is 7.64. The van der Waals surface area contributed by atoms with Gasteiger partial charge in [0.25, 0.3) is 5.56 Å². The van der Waals surface area contributed by atoms with Crippen molar-refractivity contribution in [1.29, 1.82) is 0 Å². The number of hydrogen-bond donors (Lipinski definition) is 1. The molecule has 0 aliphatic carbocycles. The Balaban J connectivity index is 1.79. The second-order valence-electron chi connectivity index (χ2n) is 6.07. The zero-order valence-corrected chi connectivity index (χ0v) is 13.7. The first-order chi connectivity index (χ1) is 11.5. The molecule has 1 aliphatic heterocycles. The second kappa shape index (κ2) is 5.49. The summed E-state index contributed by atoms with van der Waals surface area (Å²) >= 11 is 6.03. The molecule has 1 unspecified atom stereocenters. The maximum Gasteiger partial charge on any atom is 0.272 e. The molecule has 1 atom stereocenters. The fraction of sp³-hybridized carbons (Fsp3) is 0.235. The highest BCUT2D eigenvalue weighted by Crippen LogP contribution is 2.26. The number of benzene rings is 1. The topological polar surface area (TPSA) is 70.5 Å². The van der Waals surface area contributed by atoms with Crippen LogP contribution in [0, 0.1) is 0 Å². The Hall–Kier alpha value is -2.60. The van der Waals surface area contributed by atoms with Gasteiger partial charge in [-0.25, -0.2) is 9.50 Å². The predicted molar refractivity (Wildman–Crippen MR) is 91.3 cm³/mol. The van der Waals surface area contributed by atoms with Crippen LogP contribution in [0.1, 0.15) is 18.0 Å². The van der Waals surface area contributed by atoms with Crippen molar-refractivity contribution in [2.75, 3.05) is 13.6 Å². The van der Waals surface area contributed by atoms with E-state index in [2.05, 4.69) is 10.1 Å². The Morgan fingerprint density at radius 1 is 1.25 bits per heavy atom. The molecule has 1 amide bonds. The van der Waals surface area contributed by atoms with Gasteiger partial charge in [0.1, 0.15) is 0 Å². The number of aromatic amines is 1. The van der Waals surface area contributed by atoms with Crippen LogP contribution in [0.2, 0.25) is 5.02 Å². The molecule has 0 bridgehead atoms. The lowest BCUT2D eigenvalue weighted by atomic mass is 10.0. The molecule has 1 aliphatic rings. The molecule has 0 radical (unpaired) electrons. The summed E-state index contributed by atoms with van der Waals surface area (Å²) in [7, 11) is 1.77. The summed E-state index contributed by atoms with van der Waals surface area (Å²) in [6.07, 6.45) is 0.394. The monoisotopic (exact) mass is 342 g/mol. The van der Waals surface area contributed by atoms with Gasteiger partial charge in [-0.3, -0.25) is 14.7 Å². The van der Waals surface area contributed by atoms with Crippen molar-refractivity contribution in [3.8, 4) is 11.3 Å². The number of halogens is 1. The number of H-pyrrole nitrogens is 1. The number of hydrogen-bond acceptors (Lipinski definition) is 3. The molecule has 7 heteroatoms. The Morgan fingerprint density at radius 2 is 2.08 bits per heavy atom. The molecule has 122 valence electrons. The molecule has 2 aromatic heterocycles. The smallest absolute Gasteiger partial charge is 0.272 e. The van der Waals surface area contributed by atoms with Crippen LogP contribution in [-0.2, 0) is 4.79 Å². The lowest BCUT2D eigenvalue weighted by molar-refractivity contribution is -0.126. The quantitative estimate of drug-likeness (QED) is 0.776. The van der Waals surface area contributed by atoms with Gasteiger partial charge < -0.3 is 4.90 Å². The second-order valence-corrected chi connectivity index (χ2v) is 6.50. The van der Waals surface area contributed by atoms with Crippen molar-refractivity contribution >= 4 is 23.2 Å². The number of carbonyl (C=O) groups excluding carboxylic acids is 1. The first kappa shape index (κ1) is 15.0. The Kier molecular flexibility index (Phi) is 3.42. The number of likely N-dealkylation sites (N-methyl/N-ethyl adjacent to an activating group) is 1. The first-order valence-corrected chi connectivity index (χ1v) is 8.02. The van der Waals surface area contributed by atoms with E-state index in [1.165, 1.54) is 10.6 Å². The Morgan fingerprint density at radius 3 is 2.79 bits per heavy atom. The Labute approximate surface area is 142 Å². The van der Waals surface area contributed by atoms with E-state index < -0.39 is 0 Å². The van der Waals surface area contributed by atoms with Gasteiger partial charge in [0.15, 0.2) is 5.65 Å². The maximum absolute atomic E-state index is 12.4. The molecule has 1 fully saturated rings. The molecule has 1 aromatic carbocycles. The third kappa shape index (κ3) is 2.49. The van der Waals surface area contributed by atoms with Gasteiger partial charge in [0, 0.05) is 48.6 Å². The third-order valence-electron chi connectivity index (χ3n) is 4.37. The van der Waals surface area contributed by atoms with Gasteiger partial charge in [-0.05, 0) is 12.1 Å². The van der Waals surface area contributed by atoms with Crippen LogP contribution < -0.4 is 5.56 Å². The van der Waals surface area contributed by atoms with E-state index in [0.29, 0.717) is 29.3 Å². The third-order valence-corrected chi connectivity index (χ3v) is 4.60. The van der Waals surface area contributed by atoms with Gasteiger partial charge in [0.05, 0.1) is 11.4 Å². The summed E-state index contributed by atoms with van der Waals surface area (Å²) in [4.78, 5) is 30.4. The van der Waals surface area contributed by atoms with Gasteiger partial charge >= 0.3 is 0 Å². The normalized spacial score (nSPS) is 17.8. The molecule has 0 spiro atoms. The van der Waals surface area contributed by atoms with Crippen LogP contribution in [0.3, 0.4) is 0 Å². The molecule has 6 nitrogen and oxygen atoms in total. The van der Waals surface area contributed by atoms with E-state index in [9.17, 15) is 9.59 Å². The number of amides is 1. The minimum Gasteiger partial charge on any atom is -0.345 e. The summed E-state index contributed by atoms with van der Waals surface area (Å²) in [5.41, 5.74) is 2.65. The lowest BCUT2D eigenvalue weighted by Gasteiger charge is -2.09. The van der Waals surface area contributed by atoms with Gasteiger partial charge in [-0.2, -0.15) is 0 Å². The van der Waals surface area contributed by atoms with Crippen molar-refractivity contribution in [1.82, 2.24) is 19.5 Å². The highest BCUT2D eigenvalue weighted by atomic mass is 35.5. The van der Waals surface area contributed by atoms with Gasteiger partial charge in [-0.15, -0.1) is 0 Å². The molecule has 24 heavy (non-hydrogen) atoms. The summed E-state index contributed by atoms with van der Waals surface area (Å²) in [5, 5.41) is 3.67. The van der Waals surface area contributed by atoms with E-state index in [0.717, 1.165) is 11.3 Å². The summed E-state index contributed by atoms with van der Waals surface area (Å²) in [5.74, 6) is 0.0420. The minimum absolute atomic E-state index is 0.0373. The fourth-order valence-corrected chi connectivity index (χ4v) is 3.27. The Bertz CT molecular complexity index is 1010. The van der Waals surface area contributed by atoms with Crippen molar-refractivity contribution in [2.24, 2.45) is 0 Å². The molecular formula is C17H15ClN4O2. The number of aromatic nitrogens is 3. The standard InChI is InChI=1S/C17H15ClN4O2/c1-21-9-11(6-16(21)23)13-8-17(24)22-15(19-13)7-14(20-22)10-3-2-4-12(18)5-10/h2-5,7-8,11,20H,6,9H2,1H3. The fourth-order valence-electron chi connectivity index (χ4n) is 3.08. The average Bonchev–Trinajstić information content (AvgIpc) is 3.12. The largest absolute Gasteiger partial charge is 0.345 e. The minimum atomic E-state index is -0.190. The highest BCUT2D eigenvalue weighted by Gasteiger charge is 2.29. The van der Waals surface area contributed by atoms with E-state index in [1.54, 1.807) is 18.0 Å². The van der Waals surface area contributed by atoms with E-state index >= 15 is 0 Å². The van der Waals surface area contributed by atoms with E-state index in [-0.39, 0.29) is 17.4 Å². The number of rotatable bonds is 2. The van der Waals surface area contributed by atoms with Crippen LogP contribution in [0.5, 0.6) is 0 Å². The summed E-state index contributed by atoms with van der Waals surface area (Å²) in [6.45, 7) is 0.590. The zero-order chi connectivity index (χ0) is 16.8. The predicted octanol–water partition coefficient (Wildman–Crippen LogP) is 2.29. The van der Waals surface area contributed by atoms with Crippen molar-refractivity contribution in [2.45, 2.75) is 12.3 Å². The molecule has 3 heterocycles. The summed E-state index contributed by atoms with van der Waals surface area (Å²) in [6, 6.07) is 10.7. The van der Waals surface area contributed by atoms with Crippen molar-refractivity contribution in [3.63, 3.8) is 0 Å². The van der Waals surface area contributed by atoms with Crippen LogP contribution in [-0.4, -0.2) is 39.0 Å². The molecule has 4 rings (SSSR count). The number of carbonyl (C=O) groups is 1. The number of nitrogens with zero attached hydrogens (tertiary/aromatic N) is 3.